The Kier molecular flexibility index (Phi) is 5.87. The van der Waals surface area contributed by atoms with E-state index in [1.165, 1.54) is 16.5 Å². The molecular formula is C28H26F3N3O. The van der Waals surface area contributed by atoms with Gasteiger partial charge in [0.2, 0.25) is 5.91 Å². The highest BCUT2D eigenvalue weighted by molar-refractivity contribution is 5.96. The van der Waals surface area contributed by atoms with Gasteiger partial charge in [-0.2, -0.15) is 13.2 Å². The van der Waals surface area contributed by atoms with Gasteiger partial charge in [0.15, 0.2) is 0 Å². The summed E-state index contributed by atoms with van der Waals surface area (Å²) in [5, 5.41) is 0. The second-order valence-corrected chi connectivity index (χ2v) is 9.39. The van der Waals surface area contributed by atoms with E-state index in [1.54, 1.807) is 6.07 Å². The van der Waals surface area contributed by atoms with Crippen LogP contribution >= 0.6 is 0 Å². The van der Waals surface area contributed by atoms with E-state index in [0.717, 1.165) is 34.6 Å². The molecule has 0 spiro atoms. The van der Waals surface area contributed by atoms with Gasteiger partial charge in [-0.3, -0.25) is 4.79 Å². The molecule has 0 bridgehead atoms. The SMILES string of the molecule is CC(C)c1ccc(Cn2c(C3CC(=O)N(c4cccc(C(F)(F)F)c4)C3)nc3ccccc32)cc1. The van der Waals surface area contributed by atoms with Gasteiger partial charge in [0, 0.05) is 31.1 Å². The number of carbonyl (C=O) groups is 1. The molecule has 1 aliphatic heterocycles. The summed E-state index contributed by atoms with van der Waals surface area (Å²) in [5.74, 6) is 0.801. The standard InChI is InChI=1S/C28H26F3N3O/c1-18(2)20-12-10-19(11-13-20)16-34-25-9-4-3-8-24(25)32-27(34)21-14-26(35)33(17-21)23-7-5-6-22(15-23)28(29,30)31/h3-13,15,18,21H,14,16-17H2,1-2H3. The van der Waals surface area contributed by atoms with Gasteiger partial charge < -0.3 is 9.47 Å². The summed E-state index contributed by atoms with van der Waals surface area (Å²) >= 11 is 0. The zero-order valence-corrected chi connectivity index (χ0v) is 19.6. The van der Waals surface area contributed by atoms with Crippen molar-refractivity contribution in [1.29, 1.82) is 0 Å². The number of hydrogen-bond donors (Lipinski definition) is 0. The minimum Gasteiger partial charge on any atom is -0.323 e. The lowest BCUT2D eigenvalue weighted by Crippen LogP contribution is -2.25. The molecule has 7 heteroatoms. The number of nitrogens with zero attached hydrogens (tertiary/aromatic N) is 3. The Labute approximate surface area is 202 Å². The smallest absolute Gasteiger partial charge is 0.323 e. The summed E-state index contributed by atoms with van der Waals surface area (Å²) in [5.41, 5.74) is 3.70. The van der Waals surface area contributed by atoms with E-state index >= 15 is 0 Å². The number of alkyl halides is 3. The Bertz CT molecular complexity index is 1370. The molecule has 1 aromatic heterocycles. The van der Waals surface area contributed by atoms with Gasteiger partial charge in [-0.1, -0.05) is 56.3 Å². The molecule has 0 N–H and O–H groups in total. The van der Waals surface area contributed by atoms with E-state index in [1.807, 2.05) is 24.3 Å². The highest BCUT2D eigenvalue weighted by Crippen LogP contribution is 2.36. The minimum atomic E-state index is -4.46. The first kappa shape index (κ1) is 23.1. The Hall–Kier alpha value is -3.61. The van der Waals surface area contributed by atoms with Crippen molar-refractivity contribution in [3.63, 3.8) is 0 Å². The molecule has 1 amide bonds. The van der Waals surface area contributed by atoms with Crippen molar-refractivity contribution >= 4 is 22.6 Å². The number of rotatable bonds is 5. The van der Waals surface area contributed by atoms with Gasteiger partial charge in [0.1, 0.15) is 5.82 Å². The number of fused-ring (bicyclic) bond motifs is 1. The number of anilines is 1. The molecule has 3 aromatic carbocycles. The first-order valence-electron chi connectivity index (χ1n) is 11.7. The van der Waals surface area contributed by atoms with Crippen molar-refractivity contribution in [2.24, 2.45) is 0 Å². The fraction of sp³-hybridized carbons (Fsp3) is 0.286. The molecule has 1 atom stereocenters. The lowest BCUT2D eigenvalue weighted by Gasteiger charge is -2.19. The van der Waals surface area contributed by atoms with Crippen LogP contribution in [0, 0.1) is 0 Å². The van der Waals surface area contributed by atoms with Crippen LogP contribution in [0.15, 0.2) is 72.8 Å². The van der Waals surface area contributed by atoms with Crippen LogP contribution in [0.5, 0.6) is 0 Å². The van der Waals surface area contributed by atoms with Crippen LogP contribution in [0.25, 0.3) is 11.0 Å². The quantitative estimate of drug-likeness (QED) is 0.319. The average Bonchev–Trinajstić information content (AvgIpc) is 3.39. The number of benzene rings is 3. The number of para-hydroxylation sites is 2. The third kappa shape index (κ3) is 4.55. The summed E-state index contributed by atoms with van der Waals surface area (Å²) in [6.45, 7) is 5.20. The summed E-state index contributed by atoms with van der Waals surface area (Å²) in [7, 11) is 0. The molecule has 0 radical (unpaired) electrons. The van der Waals surface area contributed by atoms with Crippen LogP contribution in [0.2, 0.25) is 0 Å². The summed E-state index contributed by atoms with van der Waals surface area (Å²) in [6.07, 6.45) is -4.26. The van der Waals surface area contributed by atoms with Crippen molar-refractivity contribution in [2.75, 3.05) is 11.4 Å². The van der Waals surface area contributed by atoms with Crippen molar-refractivity contribution in [1.82, 2.24) is 9.55 Å². The molecule has 4 nitrogen and oxygen atoms in total. The monoisotopic (exact) mass is 477 g/mol. The normalized spacial score (nSPS) is 16.6. The van der Waals surface area contributed by atoms with Crippen molar-refractivity contribution < 1.29 is 18.0 Å². The van der Waals surface area contributed by atoms with Crippen LogP contribution < -0.4 is 4.90 Å². The molecule has 0 saturated carbocycles. The van der Waals surface area contributed by atoms with Gasteiger partial charge in [0.05, 0.1) is 16.6 Å². The molecule has 5 rings (SSSR count). The van der Waals surface area contributed by atoms with Crippen LogP contribution in [0.3, 0.4) is 0 Å². The second-order valence-electron chi connectivity index (χ2n) is 9.39. The molecule has 1 fully saturated rings. The second kappa shape index (κ2) is 8.87. The number of halogens is 3. The van der Waals surface area contributed by atoms with Gasteiger partial charge >= 0.3 is 6.18 Å². The number of aromatic nitrogens is 2. The Balaban J connectivity index is 1.48. The van der Waals surface area contributed by atoms with Gasteiger partial charge in [0.25, 0.3) is 0 Å². The topological polar surface area (TPSA) is 38.1 Å². The maximum absolute atomic E-state index is 13.2. The summed E-state index contributed by atoms with van der Waals surface area (Å²) < 4.78 is 41.8. The maximum Gasteiger partial charge on any atom is 0.416 e. The van der Waals surface area contributed by atoms with E-state index in [-0.39, 0.29) is 30.5 Å². The largest absolute Gasteiger partial charge is 0.416 e. The van der Waals surface area contributed by atoms with Gasteiger partial charge in [-0.25, -0.2) is 4.98 Å². The lowest BCUT2D eigenvalue weighted by molar-refractivity contribution is -0.137. The zero-order valence-electron chi connectivity index (χ0n) is 19.6. The van der Waals surface area contributed by atoms with Crippen molar-refractivity contribution in [3.05, 3.63) is 95.3 Å². The molecule has 4 aromatic rings. The molecular weight excluding hydrogens is 451 g/mol. The van der Waals surface area contributed by atoms with Crippen LogP contribution in [0.1, 0.15) is 54.6 Å². The Morgan fingerprint density at radius 2 is 1.74 bits per heavy atom. The molecule has 2 heterocycles. The summed E-state index contributed by atoms with van der Waals surface area (Å²) in [4.78, 5) is 19.2. The first-order chi connectivity index (χ1) is 16.7. The third-order valence-electron chi connectivity index (χ3n) is 6.65. The maximum atomic E-state index is 13.2. The zero-order chi connectivity index (χ0) is 24.7. The van der Waals surface area contributed by atoms with E-state index in [2.05, 4.69) is 42.7 Å². The molecule has 35 heavy (non-hydrogen) atoms. The van der Waals surface area contributed by atoms with Gasteiger partial charge in [-0.15, -0.1) is 0 Å². The molecule has 1 aliphatic rings. The Morgan fingerprint density at radius 1 is 1.00 bits per heavy atom. The summed E-state index contributed by atoms with van der Waals surface area (Å²) in [6, 6.07) is 21.3. The predicted octanol–water partition coefficient (Wildman–Crippen LogP) is 6.75. The van der Waals surface area contributed by atoms with E-state index in [4.69, 9.17) is 4.98 Å². The fourth-order valence-electron chi connectivity index (χ4n) is 4.74. The van der Waals surface area contributed by atoms with E-state index in [9.17, 15) is 18.0 Å². The van der Waals surface area contributed by atoms with Crippen LogP contribution in [-0.2, 0) is 17.5 Å². The molecule has 1 saturated heterocycles. The number of amides is 1. The lowest BCUT2D eigenvalue weighted by atomic mass is 10.0. The molecule has 0 aliphatic carbocycles. The van der Waals surface area contributed by atoms with Crippen molar-refractivity contribution in [2.45, 2.75) is 44.8 Å². The number of hydrogen-bond acceptors (Lipinski definition) is 2. The minimum absolute atomic E-state index is 0.200. The highest BCUT2D eigenvalue weighted by Gasteiger charge is 2.36. The number of imidazole rings is 1. The Morgan fingerprint density at radius 3 is 2.46 bits per heavy atom. The third-order valence-corrected chi connectivity index (χ3v) is 6.65. The van der Waals surface area contributed by atoms with E-state index in [0.29, 0.717) is 12.5 Å². The van der Waals surface area contributed by atoms with Crippen LogP contribution in [0.4, 0.5) is 18.9 Å². The average molecular weight is 478 g/mol. The van der Waals surface area contributed by atoms with E-state index < -0.39 is 11.7 Å². The van der Waals surface area contributed by atoms with Crippen LogP contribution in [-0.4, -0.2) is 22.0 Å². The molecule has 180 valence electrons. The molecule has 1 unspecified atom stereocenters. The van der Waals surface area contributed by atoms with Gasteiger partial charge in [-0.05, 0) is 47.4 Å². The first-order valence-corrected chi connectivity index (χ1v) is 11.7. The number of carbonyl (C=O) groups excluding carboxylic acids is 1. The van der Waals surface area contributed by atoms with Crippen molar-refractivity contribution in [3.8, 4) is 0 Å². The highest BCUT2D eigenvalue weighted by atomic mass is 19.4. The predicted molar refractivity (Wildman–Crippen MR) is 131 cm³/mol. The fourth-order valence-corrected chi connectivity index (χ4v) is 4.74.